The third-order valence-electron chi connectivity index (χ3n) is 3.02. The Balaban J connectivity index is 2.35. The maximum absolute atomic E-state index is 9.04. The topological polar surface area (TPSA) is 53.2 Å². The summed E-state index contributed by atoms with van der Waals surface area (Å²) in [5.74, 6) is 0. The first-order chi connectivity index (χ1) is 9.28. The molecule has 0 amide bonds. The first-order valence-electron chi connectivity index (χ1n) is 6.01. The van der Waals surface area contributed by atoms with Crippen LogP contribution in [-0.2, 0) is 11.3 Å². The second-order valence-electron chi connectivity index (χ2n) is 4.25. The largest absolute Gasteiger partial charge is 0.392 e. The van der Waals surface area contributed by atoms with Crippen LogP contribution in [0.1, 0.15) is 28.4 Å². The van der Waals surface area contributed by atoms with Gasteiger partial charge >= 0.3 is 0 Å². The smallest absolute Gasteiger partial charge is 0.107 e. The van der Waals surface area contributed by atoms with Gasteiger partial charge in [-0.05, 0) is 28.8 Å². The fraction of sp³-hybridized carbons (Fsp3) is 0.188. The van der Waals surface area contributed by atoms with Crippen LogP contribution in [0.25, 0.3) is 0 Å². The Kier molecular flexibility index (Phi) is 4.30. The first kappa shape index (κ1) is 13.3. The molecule has 2 rings (SSSR count). The summed E-state index contributed by atoms with van der Waals surface area (Å²) in [7, 11) is 1.64. The van der Waals surface area contributed by atoms with Crippen LogP contribution in [0, 0.1) is 11.3 Å². The van der Waals surface area contributed by atoms with E-state index in [0.29, 0.717) is 5.56 Å². The highest BCUT2D eigenvalue weighted by Gasteiger charge is 2.13. The number of nitrogens with zero attached hydrogens (tertiary/aromatic N) is 1. The number of aliphatic hydroxyl groups excluding tert-OH is 1. The third-order valence-corrected chi connectivity index (χ3v) is 3.02. The average Bonchev–Trinajstić information content (AvgIpc) is 2.49. The molecule has 0 aliphatic carbocycles. The monoisotopic (exact) mass is 253 g/mol. The molecule has 96 valence electrons. The molecule has 2 aromatic carbocycles. The minimum Gasteiger partial charge on any atom is -0.392 e. The van der Waals surface area contributed by atoms with Crippen molar-refractivity contribution in [3.8, 4) is 6.07 Å². The predicted molar refractivity (Wildman–Crippen MR) is 72.4 cm³/mol. The Morgan fingerprint density at radius 3 is 2.47 bits per heavy atom. The number of hydrogen-bond donors (Lipinski definition) is 1. The summed E-state index contributed by atoms with van der Waals surface area (Å²) in [5.41, 5.74) is 3.42. The predicted octanol–water partition coefficient (Wildman–Crippen LogP) is 2.79. The van der Waals surface area contributed by atoms with E-state index in [1.165, 1.54) is 0 Å². The molecule has 0 saturated heterocycles. The normalized spacial score (nSPS) is 11.8. The van der Waals surface area contributed by atoms with Gasteiger partial charge in [-0.25, -0.2) is 0 Å². The van der Waals surface area contributed by atoms with Gasteiger partial charge in [0, 0.05) is 7.11 Å². The molecule has 3 heteroatoms. The van der Waals surface area contributed by atoms with Crippen LogP contribution in [0.15, 0.2) is 48.5 Å². The number of ether oxygens (including phenoxy) is 1. The van der Waals surface area contributed by atoms with Gasteiger partial charge in [0.2, 0.25) is 0 Å². The van der Waals surface area contributed by atoms with Crippen molar-refractivity contribution in [2.45, 2.75) is 12.7 Å². The van der Waals surface area contributed by atoms with Crippen LogP contribution in [-0.4, -0.2) is 12.2 Å². The van der Waals surface area contributed by atoms with Gasteiger partial charge in [0.25, 0.3) is 0 Å². The first-order valence-corrected chi connectivity index (χ1v) is 6.01. The lowest BCUT2D eigenvalue weighted by Gasteiger charge is -2.16. The number of hydrogen-bond acceptors (Lipinski definition) is 3. The van der Waals surface area contributed by atoms with Crippen molar-refractivity contribution in [2.24, 2.45) is 0 Å². The molecule has 0 heterocycles. The van der Waals surface area contributed by atoms with E-state index in [4.69, 9.17) is 15.1 Å². The van der Waals surface area contributed by atoms with Crippen LogP contribution in [0.3, 0.4) is 0 Å². The zero-order valence-electron chi connectivity index (χ0n) is 10.7. The fourth-order valence-electron chi connectivity index (χ4n) is 2.03. The van der Waals surface area contributed by atoms with Crippen molar-refractivity contribution in [2.75, 3.05) is 7.11 Å². The Morgan fingerprint density at radius 2 is 1.89 bits per heavy atom. The van der Waals surface area contributed by atoms with Crippen molar-refractivity contribution in [3.05, 3.63) is 70.8 Å². The molecule has 0 aliphatic rings. The number of rotatable bonds is 4. The van der Waals surface area contributed by atoms with Gasteiger partial charge in [0.1, 0.15) is 6.10 Å². The molecule has 2 aromatic rings. The van der Waals surface area contributed by atoms with Crippen LogP contribution < -0.4 is 0 Å². The van der Waals surface area contributed by atoms with E-state index in [1.54, 1.807) is 13.2 Å². The van der Waals surface area contributed by atoms with Gasteiger partial charge in [-0.15, -0.1) is 0 Å². The molecular weight excluding hydrogens is 238 g/mol. The number of methoxy groups -OCH3 is 1. The summed E-state index contributed by atoms with van der Waals surface area (Å²) < 4.78 is 5.52. The van der Waals surface area contributed by atoms with E-state index < -0.39 is 0 Å². The van der Waals surface area contributed by atoms with Crippen LogP contribution in [0.5, 0.6) is 0 Å². The second-order valence-corrected chi connectivity index (χ2v) is 4.25. The van der Waals surface area contributed by atoms with Crippen molar-refractivity contribution in [1.29, 1.82) is 5.26 Å². The van der Waals surface area contributed by atoms with Gasteiger partial charge < -0.3 is 9.84 Å². The zero-order chi connectivity index (χ0) is 13.7. The Labute approximate surface area is 112 Å². The molecule has 0 spiro atoms. The summed E-state index contributed by atoms with van der Waals surface area (Å²) in [6.07, 6.45) is -0.207. The van der Waals surface area contributed by atoms with Crippen molar-refractivity contribution in [1.82, 2.24) is 0 Å². The molecular formula is C16H15NO2. The van der Waals surface area contributed by atoms with Gasteiger partial charge in [0.05, 0.1) is 18.2 Å². The minimum absolute atomic E-state index is 0.0296. The highest BCUT2D eigenvalue weighted by Crippen LogP contribution is 2.26. The maximum atomic E-state index is 9.04. The van der Waals surface area contributed by atoms with Crippen LogP contribution in [0.4, 0.5) is 0 Å². The van der Waals surface area contributed by atoms with Crippen LogP contribution >= 0.6 is 0 Å². The van der Waals surface area contributed by atoms with E-state index in [0.717, 1.165) is 16.7 Å². The Bertz CT molecular complexity index is 584. The summed E-state index contributed by atoms with van der Waals surface area (Å²) >= 11 is 0. The second kappa shape index (κ2) is 6.14. The highest BCUT2D eigenvalue weighted by atomic mass is 16.5. The number of aliphatic hydroxyl groups is 1. The van der Waals surface area contributed by atoms with Crippen molar-refractivity contribution >= 4 is 0 Å². The van der Waals surface area contributed by atoms with Gasteiger partial charge in [0.15, 0.2) is 0 Å². The molecule has 3 nitrogen and oxygen atoms in total. The number of nitriles is 1. The maximum Gasteiger partial charge on any atom is 0.107 e. The summed E-state index contributed by atoms with van der Waals surface area (Å²) in [6, 6.07) is 17.1. The van der Waals surface area contributed by atoms with Crippen molar-refractivity contribution in [3.63, 3.8) is 0 Å². The average molecular weight is 253 g/mol. The molecule has 1 atom stereocenters. The summed E-state index contributed by atoms with van der Waals surface area (Å²) in [4.78, 5) is 0. The molecule has 1 N–H and O–H groups in total. The molecule has 0 bridgehead atoms. The summed E-state index contributed by atoms with van der Waals surface area (Å²) in [5, 5.41) is 18.0. The standard InChI is InChI=1S/C16H15NO2/c1-19-16(14-7-5-12(11-18)6-8-14)15-4-2-3-13(9-15)10-17/h2-9,16,18H,11H2,1H3. The van der Waals surface area contributed by atoms with E-state index >= 15 is 0 Å². The Morgan fingerprint density at radius 1 is 1.16 bits per heavy atom. The van der Waals surface area contributed by atoms with Crippen LogP contribution in [0.2, 0.25) is 0 Å². The lowest BCUT2D eigenvalue weighted by molar-refractivity contribution is 0.136. The van der Waals surface area contributed by atoms with Gasteiger partial charge in [-0.2, -0.15) is 5.26 Å². The molecule has 19 heavy (non-hydrogen) atoms. The van der Waals surface area contributed by atoms with E-state index in [2.05, 4.69) is 6.07 Å². The Hall–Kier alpha value is -2.15. The molecule has 0 radical (unpaired) electrons. The molecule has 0 aliphatic heterocycles. The lowest BCUT2D eigenvalue weighted by Crippen LogP contribution is -2.04. The van der Waals surface area contributed by atoms with E-state index in [9.17, 15) is 0 Å². The minimum atomic E-state index is -0.207. The quantitative estimate of drug-likeness (QED) is 0.911. The summed E-state index contributed by atoms with van der Waals surface area (Å²) in [6.45, 7) is 0.0296. The van der Waals surface area contributed by atoms with Crippen molar-refractivity contribution < 1.29 is 9.84 Å². The fourth-order valence-corrected chi connectivity index (χ4v) is 2.03. The molecule has 0 saturated carbocycles. The number of benzene rings is 2. The van der Waals surface area contributed by atoms with E-state index in [1.807, 2.05) is 42.5 Å². The zero-order valence-corrected chi connectivity index (χ0v) is 10.7. The van der Waals surface area contributed by atoms with E-state index in [-0.39, 0.29) is 12.7 Å². The highest BCUT2D eigenvalue weighted by molar-refractivity contribution is 5.38. The molecule has 0 fully saturated rings. The molecule has 0 aromatic heterocycles. The van der Waals surface area contributed by atoms with Gasteiger partial charge in [-0.1, -0.05) is 36.4 Å². The van der Waals surface area contributed by atoms with Gasteiger partial charge in [-0.3, -0.25) is 0 Å². The SMILES string of the molecule is COC(c1ccc(CO)cc1)c1cccc(C#N)c1. The lowest BCUT2D eigenvalue weighted by atomic mass is 9.99. The third kappa shape index (κ3) is 3.00. The molecule has 1 unspecified atom stereocenters.